The van der Waals surface area contributed by atoms with Crippen molar-refractivity contribution in [1.82, 2.24) is 5.32 Å². The van der Waals surface area contributed by atoms with Gasteiger partial charge in [-0.2, -0.15) is 0 Å². The van der Waals surface area contributed by atoms with Gasteiger partial charge >= 0.3 is 7.82 Å². The summed E-state index contributed by atoms with van der Waals surface area (Å²) in [4.78, 5) is 38.1. The zero-order valence-electron chi connectivity index (χ0n) is 10.9. The second-order valence-corrected chi connectivity index (χ2v) is 5.39. The lowest BCUT2D eigenvalue weighted by Crippen LogP contribution is -2.23. The van der Waals surface area contributed by atoms with Gasteiger partial charge in [0.15, 0.2) is 0 Å². The molecule has 0 atom stereocenters. The molecule has 3 N–H and O–H groups in total. The average molecular weight is 295 g/mol. The predicted octanol–water partition coefficient (Wildman–Crippen LogP) is 1.14. The van der Waals surface area contributed by atoms with Crippen LogP contribution in [-0.2, 0) is 18.7 Å². The van der Waals surface area contributed by atoms with Crippen molar-refractivity contribution < 1.29 is 28.5 Å². The standard InChI is InChI=1S/C11H22NO6P/c13-9-5-3-7-11(14)12-8-4-1-2-6-10-18-19(15,16)17/h9H,1-8,10H2,(H,12,14)(H2,15,16,17). The number of hydrogen-bond acceptors (Lipinski definition) is 4. The molecule has 0 saturated heterocycles. The highest BCUT2D eigenvalue weighted by Gasteiger charge is 2.12. The number of nitrogens with one attached hydrogen (secondary N) is 1. The number of rotatable bonds is 12. The minimum Gasteiger partial charge on any atom is -0.356 e. The maximum absolute atomic E-state index is 11.2. The van der Waals surface area contributed by atoms with Crippen LogP contribution in [0.5, 0.6) is 0 Å². The van der Waals surface area contributed by atoms with E-state index in [1.807, 2.05) is 0 Å². The van der Waals surface area contributed by atoms with Crippen LogP contribution in [0.3, 0.4) is 0 Å². The summed E-state index contributed by atoms with van der Waals surface area (Å²) in [5, 5.41) is 2.75. The highest BCUT2D eigenvalue weighted by molar-refractivity contribution is 7.46. The highest BCUT2D eigenvalue weighted by Crippen LogP contribution is 2.35. The van der Waals surface area contributed by atoms with Crippen LogP contribution in [0.4, 0.5) is 0 Å². The molecule has 0 aliphatic heterocycles. The van der Waals surface area contributed by atoms with Gasteiger partial charge in [-0.15, -0.1) is 0 Å². The Morgan fingerprint density at radius 2 is 1.84 bits per heavy atom. The summed E-state index contributed by atoms with van der Waals surface area (Å²) in [6.07, 6.45) is 5.21. The monoisotopic (exact) mass is 295 g/mol. The Hall–Kier alpha value is -0.750. The molecule has 0 aromatic rings. The number of carbonyl (C=O) groups is 2. The minimum absolute atomic E-state index is 0.0440. The van der Waals surface area contributed by atoms with Crippen molar-refractivity contribution in [2.75, 3.05) is 13.2 Å². The lowest BCUT2D eigenvalue weighted by Gasteiger charge is -2.06. The molecule has 0 unspecified atom stereocenters. The van der Waals surface area contributed by atoms with Gasteiger partial charge in [-0.25, -0.2) is 4.57 Å². The quantitative estimate of drug-likeness (QED) is 0.283. The van der Waals surface area contributed by atoms with Crippen molar-refractivity contribution in [1.29, 1.82) is 0 Å². The normalized spacial score (nSPS) is 11.3. The molecule has 0 saturated carbocycles. The van der Waals surface area contributed by atoms with Crippen molar-refractivity contribution in [3.63, 3.8) is 0 Å². The van der Waals surface area contributed by atoms with E-state index < -0.39 is 7.82 Å². The summed E-state index contributed by atoms with van der Waals surface area (Å²) in [5.74, 6) is -0.0494. The van der Waals surface area contributed by atoms with E-state index >= 15 is 0 Å². The molecule has 112 valence electrons. The van der Waals surface area contributed by atoms with E-state index in [0.29, 0.717) is 32.2 Å². The molecular formula is C11H22NO6P. The third-order valence-electron chi connectivity index (χ3n) is 2.38. The first kappa shape index (κ1) is 18.2. The molecule has 19 heavy (non-hydrogen) atoms. The topological polar surface area (TPSA) is 113 Å². The van der Waals surface area contributed by atoms with E-state index in [2.05, 4.69) is 9.84 Å². The number of aldehydes is 1. The Labute approximate surface area is 113 Å². The first-order valence-corrected chi connectivity index (χ1v) is 7.89. The van der Waals surface area contributed by atoms with E-state index in [0.717, 1.165) is 25.5 Å². The summed E-state index contributed by atoms with van der Waals surface area (Å²) in [5.41, 5.74) is 0. The summed E-state index contributed by atoms with van der Waals surface area (Å²) in [6, 6.07) is 0. The van der Waals surface area contributed by atoms with Crippen LogP contribution in [0.1, 0.15) is 44.9 Å². The van der Waals surface area contributed by atoms with E-state index in [1.54, 1.807) is 0 Å². The van der Waals surface area contributed by atoms with Gasteiger partial charge in [0, 0.05) is 19.4 Å². The van der Waals surface area contributed by atoms with Crippen molar-refractivity contribution in [3.05, 3.63) is 0 Å². The van der Waals surface area contributed by atoms with Gasteiger partial charge in [0.1, 0.15) is 6.29 Å². The van der Waals surface area contributed by atoms with Crippen molar-refractivity contribution in [2.24, 2.45) is 0 Å². The third kappa shape index (κ3) is 15.2. The minimum atomic E-state index is -4.34. The van der Waals surface area contributed by atoms with Gasteiger partial charge in [0.25, 0.3) is 0 Å². The largest absolute Gasteiger partial charge is 0.469 e. The molecule has 0 fully saturated rings. The first-order valence-electron chi connectivity index (χ1n) is 6.36. The smallest absolute Gasteiger partial charge is 0.356 e. The summed E-state index contributed by atoms with van der Waals surface area (Å²) in [6.45, 7) is 0.627. The Bertz CT molecular complexity index is 304. The highest BCUT2D eigenvalue weighted by atomic mass is 31.2. The number of unbranched alkanes of at least 4 members (excludes halogenated alkanes) is 4. The molecule has 8 heteroatoms. The van der Waals surface area contributed by atoms with E-state index in [4.69, 9.17) is 9.79 Å². The summed E-state index contributed by atoms with van der Waals surface area (Å²) in [7, 11) is -4.34. The third-order valence-corrected chi connectivity index (χ3v) is 2.90. The van der Waals surface area contributed by atoms with Crippen LogP contribution in [0.15, 0.2) is 0 Å². The van der Waals surface area contributed by atoms with Crippen LogP contribution in [0, 0.1) is 0 Å². The predicted molar refractivity (Wildman–Crippen MR) is 69.4 cm³/mol. The molecule has 0 aromatic heterocycles. The Kier molecular flexibility index (Phi) is 10.7. The number of phosphoric acid groups is 1. The van der Waals surface area contributed by atoms with Crippen molar-refractivity contribution >= 4 is 20.0 Å². The first-order chi connectivity index (χ1) is 8.95. The molecule has 0 rings (SSSR count). The fraction of sp³-hybridized carbons (Fsp3) is 0.818. The van der Waals surface area contributed by atoms with Gasteiger partial charge < -0.3 is 19.9 Å². The van der Waals surface area contributed by atoms with Gasteiger partial charge in [-0.05, 0) is 19.3 Å². The van der Waals surface area contributed by atoms with Crippen molar-refractivity contribution in [2.45, 2.75) is 44.9 Å². The molecule has 0 bridgehead atoms. The van der Waals surface area contributed by atoms with Crippen LogP contribution in [-0.4, -0.2) is 35.1 Å². The second kappa shape index (κ2) is 11.1. The Morgan fingerprint density at radius 3 is 2.47 bits per heavy atom. The molecule has 0 aromatic carbocycles. The average Bonchev–Trinajstić information content (AvgIpc) is 2.31. The fourth-order valence-corrected chi connectivity index (χ4v) is 1.79. The van der Waals surface area contributed by atoms with Crippen LogP contribution < -0.4 is 5.32 Å². The molecule has 0 aliphatic carbocycles. The summed E-state index contributed by atoms with van der Waals surface area (Å²) < 4.78 is 14.6. The van der Waals surface area contributed by atoms with Crippen molar-refractivity contribution in [3.8, 4) is 0 Å². The maximum Gasteiger partial charge on any atom is 0.469 e. The van der Waals surface area contributed by atoms with E-state index in [1.165, 1.54) is 0 Å². The lowest BCUT2D eigenvalue weighted by molar-refractivity contribution is -0.121. The SMILES string of the molecule is O=CCCCC(=O)NCCCCCCOP(=O)(O)O. The van der Waals surface area contributed by atoms with Gasteiger partial charge in [-0.1, -0.05) is 12.8 Å². The van der Waals surface area contributed by atoms with E-state index in [-0.39, 0.29) is 12.5 Å². The van der Waals surface area contributed by atoms with Gasteiger partial charge in [-0.3, -0.25) is 9.32 Å². The molecule has 0 aliphatic rings. The molecule has 7 nitrogen and oxygen atoms in total. The van der Waals surface area contributed by atoms with Gasteiger partial charge in [0.2, 0.25) is 5.91 Å². The second-order valence-electron chi connectivity index (χ2n) is 4.15. The fourth-order valence-electron chi connectivity index (χ4n) is 1.43. The number of amides is 1. The Morgan fingerprint density at radius 1 is 1.16 bits per heavy atom. The summed E-state index contributed by atoms with van der Waals surface area (Å²) >= 11 is 0. The van der Waals surface area contributed by atoms with Gasteiger partial charge in [0.05, 0.1) is 6.61 Å². The molecule has 0 radical (unpaired) electrons. The number of phosphoric ester groups is 1. The molecular weight excluding hydrogens is 273 g/mol. The van der Waals surface area contributed by atoms with E-state index in [9.17, 15) is 14.2 Å². The maximum atomic E-state index is 11.2. The molecule has 0 heterocycles. The van der Waals surface area contributed by atoms with Crippen LogP contribution in [0.25, 0.3) is 0 Å². The molecule has 1 amide bonds. The number of hydrogen-bond donors (Lipinski definition) is 3. The zero-order chi connectivity index (χ0) is 14.6. The Balaban J connectivity index is 3.24. The van der Waals surface area contributed by atoms with Crippen LogP contribution >= 0.6 is 7.82 Å². The zero-order valence-corrected chi connectivity index (χ0v) is 11.8. The molecule has 0 spiro atoms. The number of carbonyl (C=O) groups excluding carboxylic acids is 2. The van der Waals surface area contributed by atoms with Crippen LogP contribution in [0.2, 0.25) is 0 Å². The lowest BCUT2D eigenvalue weighted by atomic mass is 10.2.